The lowest BCUT2D eigenvalue weighted by molar-refractivity contribution is 0.0976. The van der Waals surface area contributed by atoms with Gasteiger partial charge in [0.2, 0.25) is 0 Å². The first-order valence-corrected chi connectivity index (χ1v) is 10.3. The number of anilines is 1. The number of nitrogens with zero attached hydrogens (tertiary/aromatic N) is 1. The minimum Gasteiger partial charge on any atom is -0.486 e. The normalized spacial score (nSPS) is 17.2. The van der Waals surface area contributed by atoms with Crippen molar-refractivity contribution in [2.45, 2.75) is 26.2 Å². The van der Waals surface area contributed by atoms with Crippen molar-refractivity contribution in [2.75, 3.05) is 18.5 Å². The van der Waals surface area contributed by atoms with Crippen LogP contribution in [0.15, 0.2) is 18.2 Å². The molecule has 0 saturated carbocycles. The summed E-state index contributed by atoms with van der Waals surface area (Å²) in [4.78, 5) is 13.8. The summed E-state index contributed by atoms with van der Waals surface area (Å²) in [6, 6.07) is 7.30. The molecular formula is C20H19N3O3S2. The van der Waals surface area contributed by atoms with Gasteiger partial charge < -0.3 is 14.8 Å². The Morgan fingerprint density at radius 3 is 2.89 bits per heavy atom. The van der Waals surface area contributed by atoms with Gasteiger partial charge in [-0.1, -0.05) is 6.92 Å². The molecule has 8 heteroatoms. The molecule has 1 atom stereocenters. The third kappa shape index (κ3) is 3.68. The van der Waals surface area contributed by atoms with Crippen LogP contribution in [0.4, 0.5) is 5.00 Å². The molecule has 0 unspecified atom stereocenters. The number of thiophene rings is 1. The van der Waals surface area contributed by atoms with Gasteiger partial charge in [-0.2, -0.15) is 5.26 Å². The number of rotatable bonds is 2. The molecule has 1 aliphatic heterocycles. The van der Waals surface area contributed by atoms with Crippen molar-refractivity contribution in [3.05, 3.63) is 39.8 Å². The quantitative estimate of drug-likeness (QED) is 0.732. The van der Waals surface area contributed by atoms with Crippen LogP contribution < -0.4 is 20.1 Å². The smallest absolute Gasteiger partial charge is 0.257 e. The van der Waals surface area contributed by atoms with E-state index in [0.29, 0.717) is 46.8 Å². The van der Waals surface area contributed by atoms with Gasteiger partial charge in [-0.05, 0) is 61.2 Å². The van der Waals surface area contributed by atoms with Crippen LogP contribution in [0.2, 0.25) is 0 Å². The molecule has 1 amide bonds. The van der Waals surface area contributed by atoms with Crippen molar-refractivity contribution < 1.29 is 14.3 Å². The summed E-state index contributed by atoms with van der Waals surface area (Å²) >= 11 is 6.85. The zero-order valence-corrected chi connectivity index (χ0v) is 17.0. The molecule has 0 saturated heterocycles. The lowest BCUT2D eigenvalue weighted by Gasteiger charge is -2.18. The highest BCUT2D eigenvalue weighted by Gasteiger charge is 2.24. The van der Waals surface area contributed by atoms with E-state index in [-0.39, 0.29) is 11.0 Å². The van der Waals surface area contributed by atoms with Crippen LogP contribution in [-0.2, 0) is 12.8 Å². The van der Waals surface area contributed by atoms with E-state index in [0.717, 1.165) is 24.8 Å². The Balaban J connectivity index is 1.46. The minimum atomic E-state index is -0.345. The van der Waals surface area contributed by atoms with E-state index < -0.39 is 0 Å². The first kappa shape index (κ1) is 18.7. The number of amides is 1. The van der Waals surface area contributed by atoms with Crippen molar-refractivity contribution >= 4 is 39.6 Å². The minimum absolute atomic E-state index is 0.169. The maximum atomic E-state index is 12.5. The monoisotopic (exact) mass is 413 g/mol. The number of thiocarbonyl (C=S) groups is 1. The SMILES string of the molecule is C[C@@H]1CCc2c(sc(NC(=S)NC(=O)c3ccc4c(c3)OCCO4)c2C#N)C1. The Morgan fingerprint density at radius 2 is 2.11 bits per heavy atom. The number of nitrogens with one attached hydrogen (secondary N) is 2. The Morgan fingerprint density at radius 1 is 1.32 bits per heavy atom. The van der Waals surface area contributed by atoms with Crippen LogP contribution in [-0.4, -0.2) is 24.2 Å². The van der Waals surface area contributed by atoms with E-state index in [2.05, 4.69) is 23.6 Å². The molecule has 2 aromatic rings. The van der Waals surface area contributed by atoms with Gasteiger partial charge in [0.15, 0.2) is 16.6 Å². The Bertz CT molecular complexity index is 993. The number of hydrogen-bond donors (Lipinski definition) is 2. The third-order valence-electron chi connectivity index (χ3n) is 4.88. The number of carbonyl (C=O) groups excluding carboxylic acids is 1. The van der Waals surface area contributed by atoms with Gasteiger partial charge in [-0.25, -0.2) is 0 Å². The molecule has 0 spiro atoms. The van der Waals surface area contributed by atoms with Crippen molar-refractivity contribution in [2.24, 2.45) is 5.92 Å². The summed E-state index contributed by atoms with van der Waals surface area (Å²) in [5.41, 5.74) is 2.19. The molecule has 2 N–H and O–H groups in total. The molecule has 1 aromatic carbocycles. The van der Waals surface area contributed by atoms with Gasteiger partial charge in [-0.15, -0.1) is 11.3 Å². The van der Waals surface area contributed by atoms with Crippen molar-refractivity contribution in [3.8, 4) is 17.6 Å². The second-order valence-electron chi connectivity index (χ2n) is 6.93. The summed E-state index contributed by atoms with van der Waals surface area (Å²) in [5, 5.41) is 16.2. The predicted molar refractivity (Wildman–Crippen MR) is 111 cm³/mol. The maximum Gasteiger partial charge on any atom is 0.257 e. The summed E-state index contributed by atoms with van der Waals surface area (Å²) in [6.45, 7) is 3.17. The number of hydrogen-bond acceptors (Lipinski definition) is 6. The van der Waals surface area contributed by atoms with Gasteiger partial charge in [0, 0.05) is 10.4 Å². The average Bonchev–Trinajstić information content (AvgIpc) is 3.03. The summed E-state index contributed by atoms with van der Waals surface area (Å²) < 4.78 is 11.0. The van der Waals surface area contributed by atoms with Crippen LogP contribution in [0.3, 0.4) is 0 Å². The molecule has 4 rings (SSSR count). The van der Waals surface area contributed by atoms with Gasteiger partial charge in [0.1, 0.15) is 24.3 Å². The molecule has 2 heterocycles. The first-order valence-electron chi connectivity index (χ1n) is 9.11. The summed E-state index contributed by atoms with van der Waals surface area (Å²) in [7, 11) is 0. The number of carbonyl (C=O) groups is 1. The fourth-order valence-corrected chi connectivity index (χ4v) is 5.08. The van der Waals surface area contributed by atoms with Crippen molar-refractivity contribution in [1.82, 2.24) is 5.32 Å². The zero-order chi connectivity index (χ0) is 19.7. The predicted octanol–water partition coefficient (Wildman–Crippen LogP) is 3.64. The highest BCUT2D eigenvalue weighted by molar-refractivity contribution is 7.80. The second kappa shape index (κ2) is 7.78. The second-order valence-corrected chi connectivity index (χ2v) is 8.45. The fraction of sp³-hybridized carbons (Fsp3) is 0.350. The highest BCUT2D eigenvalue weighted by Crippen LogP contribution is 2.39. The highest BCUT2D eigenvalue weighted by atomic mass is 32.1. The molecule has 1 aromatic heterocycles. The molecule has 28 heavy (non-hydrogen) atoms. The van der Waals surface area contributed by atoms with Crippen LogP contribution in [0.25, 0.3) is 0 Å². The number of nitriles is 1. The number of benzene rings is 1. The summed E-state index contributed by atoms with van der Waals surface area (Å²) in [5.74, 6) is 1.44. The van der Waals surface area contributed by atoms with E-state index in [4.69, 9.17) is 21.7 Å². The Labute approximate surface area is 172 Å². The topological polar surface area (TPSA) is 83.4 Å². The largest absolute Gasteiger partial charge is 0.486 e. The number of ether oxygens (including phenoxy) is 2. The van der Waals surface area contributed by atoms with Gasteiger partial charge in [0.05, 0.1) is 5.56 Å². The lowest BCUT2D eigenvalue weighted by atomic mass is 9.89. The van der Waals surface area contributed by atoms with Crippen LogP contribution in [0, 0.1) is 17.2 Å². The van der Waals surface area contributed by atoms with Crippen LogP contribution in [0.1, 0.15) is 39.7 Å². The zero-order valence-electron chi connectivity index (χ0n) is 15.3. The van der Waals surface area contributed by atoms with E-state index >= 15 is 0 Å². The maximum absolute atomic E-state index is 12.5. The van der Waals surface area contributed by atoms with Crippen LogP contribution >= 0.6 is 23.6 Å². The standard InChI is InChI=1S/C20H19N3O3S2/c1-11-2-4-13-14(10-21)19(28-17(13)8-11)23-20(27)22-18(24)12-3-5-15-16(9-12)26-7-6-25-15/h3,5,9,11H,2,4,6-8H2,1H3,(H2,22,23,24,27)/t11-/m1/s1. The third-order valence-corrected chi connectivity index (χ3v) is 6.26. The van der Waals surface area contributed by atoms with E-state index in [1.165, 1.54) is 4.88 Å². The molecule has 2 aliphatic rings. The van der Waals surface area contributed by atoms with Gasteiger partial charge >= 0.3 is 0 Å². The number of fused-ring (bicyclic) bond motifs is 2. The average molecular weight is 414 g/mol. The van der Waals surface area contributed by atoms with E-state index in [1.54, 1.807) is 29.5 Å². The molecular weight excluding hydrogens is 394 g/mol. The molecule has 144 valence electrons. The van der Waals surface area contributed by atoms with Gasteiger partial charge in [-0.3, -0.25) is 10.1 Å². The first-order chi connectivity index (χ1) is 13.5. The molecule has 6 nitrogen and oxygen atoms in total. The summed E-state index contributed by atoms with van der Waals surface area (Å²) in [6.07, 6.45) is 2.98. The van der Waals surface area contributed by atoms with E-state index in [9.17, 15) is 10.1 Å². The molecule has 0 radical (unpaired) electrons. The fourth-order valence-electron chi connectivity index (χ4n) is 3.45. The van der Waals surface area contributed by atoms with Crippen LogP contribution in [0.5, 0.6) is 11.5 Å². The molecule has 0 fully saturated rings. The van der Waals surface area contributed by atoms with Crippen molar-refractivity contribution in [3.63, 3.8) is 0 Å². The molecule has 1 aliphatic carbocycles. The van der Waals surface area contributed by atoms with Gasteiger partial charge in [0.25, 0.3) is 5.91 Å². The van der Waals surface area contributed by atoms with Crippen molar-refractivity contribution in [1.29, 1.82) is 5.26 Å². The Kier molecular flexibility index (Phi) is 5.20. The van der Waals surface area contributed by atoms with E-state index in [1.807, 2.05) is 0 Å². The lowest BCUT2D eigenvalue weighted by Crippen LogP contribution is -2.34. The Hall–Kier alpha value is -2.63. The molecule has 0 bridgehead atoms.